The lowest BCUT2D eigenvalue weighted by Gasteiger charge is -2.14. The number of carbonyl (C=O) groups excluding carboxylic acids is 3. The number of non-ortho nitro benzene ring substituents is 1. The smallest absolute Gasteiger partial charge is 0.273 e. The minimum atomic E-state index is -0.561. The zero-order valence-electron chi connectivity index (χ0n) is 15.3. The first-order valence-corrected chi connectivity index (χ1v) is 9.39. The molecule has 1 aliphatic heterocycles. The van der Waals surface area contributed by atoms with E-state index in [2.05, 4.69) is 21.2 Å². The number of anilines is 1. The van der Waals surface area contributed by atoms with Gasteiger partial charge in [-0.3, -0.25) is 29.4 Å². The van der Waals surface area contributed by atoms with E-state index in [1.807, 2.05) is 0 Å². The minimum Gasteiger partial charge on any atom is -0.494 e. The summed E-state index contributed by atoms with van der Waals surface area (Å²) < 4.78 is 5.78. The highest BCUT2D eigenvalue weighted by Crippen LogP contribution is 2.29. The maximum absolute atomic E-state index is 12.4. The second kappa shape index (κ2) is 8.39. The summed E-state index contributed by atoms with van der Waals surface area (Å²) in [6, 6.07) is 8.74. The summed E-state index contributed by atoms with van der Waals surface area (Å²) >= 11 is 3.28. The van der Waals surface area contributed by atoms with Gasteiger partial charge >= 0.3 is 0 Å². The van der Waals surface area contributed by atoms with Crippen molar-refractivity contribution < 1.29 is 24.0 Å². The van der Waals surface area contributed by atoms with Gasteiger partial charge in [0.15, 0.2) is 0 Å². The lowest BCUT2D eigenvalue weighted by atomic mass is 10.1. The Kier molecular flexibility index (Phi) is 5.92. The Bertz CT molecular complexity index is 1020. The summed E-state index contributed by atoms with van der Waals surface area (Å²) in [7, 11) is 1.34. The van der Waals surface area contributed by atoms with Crippen LogP contribution in [0.2, 0.25) is 0 Å². The van der Waals surface area contributed by atoms with Crippen molar-refractivity contribution in [1.82, 2.24) is 4.90 Å². The molecule has 0 spiro atoms. The summed E-state index contributed by atoms with van der Waals surface area (Å²) in [5, 5.41) is 13.4. The minimum absolute atomic E-state index is 0.0528. The van der Waals surface area contributed by atoms with Crippen LogP contribution in [0.4, 0.5) is 11.4 Å². The van der Waals surface area contributed by atoms with Crippen LogP contribution in [0.25, 0.3) is 0 Å². The summed E-state index contributed by atoms with van der Waals surface area (Å²) in [6.45, 7) is 0.106. The quantitative estimate of drug-likeness (QED) is 0.383. The Morgan fingerprint density at radius 1 is 1.17 bits per heavy atom. The van der Waals surface area contributed by atoms with E-state index >= 15 is 0 Å². The molecule has 0 atom stereocenters. The van der Waals surface area contributed by atoms with Crippen molar-refractivity contribution in [2.75, 3.05) is 19.0 Å². The van der Waals surface area contributed by atoms with Crippen molar-refractivity contribution in [1.29, 1.82) is 0 Å². The standard InChI is InChI=1S/C19H16BrN3O6/c1-29-16-10-12(23(27)28)5-7-15(16)21-17(24)3-2-8-22-18(25)13-6-4-11(20)9-14(13)19(22)26/h4-7,9-10H,2-3,8H2,1H3,(H,21,24). The van der Waals surface area contributed by atoms with Crippen LogP contribution < -0.4 is 10.1 Å². The molecular formula is C19H16BrN3O6. The number of fused-ring (bicyclic) bond motifs is 1. The fourth-order valence-electron chi connectivity index (χ4n) is 2.97. The number of amides is 3. The second-order valence-electron chi connectivity index (χ2n) is 6.25. The molecule has 0 saturated carbocycles. The average Bonchev–Trinajstić information content (AvgIpc) is 2.92. The van der Waals surface area contributed by atoms with E-state index in [9.17, 15) is 24.5 Å². The molecule has 10 heteroatoms. The van der Waals surface area contributed by atoms with Gasteiger partial charge in [0, 0.05) is 23.5 Å². The fraction of sp³-hybridized carbons (Fsp3) is 0.211. The van der Waals surface area contributed by atoms with Crippen LogP contribution in [0.15, 0.2) is 40.9 Å². The number of carbonyl (C=O) groups is 3. The van der Waals surface area contributed by atoms with Crippen molar-refractivity contribution >= 4 is 45.0 Å². The van der Waals surface area contributed by atoms with Crippen LogP contribution in [-0.2, 0) is 4.79 Å². The highest BCUT2D eigenvalue weighted by molar-refractivity contribution is 9.10. The van der Waals surface area contributed by atoms with E-state index in [0.29, 0.717) is 21.3 Å². The number of benzene rings is 2. The second-order valence-corrected chi connectivity index (χ2v) is 7.16. The molecule has 29 heavy (non-hydrogen) atoms. The molecule has 0 radical (unpaired) electrons. The summed E-state index contributed by atoms with van der Waals surface area (Å²) in [5.41, 5.74) is 0.827. The number of imide groups is 1. The first-order valence-electron chi connectivity index (χ1n) is 8.60. The van der Waals surface area contributed by atoms with Crippen LogP contribution in [0.5, 0.6) is 5.75 Å². The van der Waals surface area contributed by atoms with Crippen molar-refractivity contribution in [2.45, 2.75) is 12.8 Å². The van der Waals surface area contributed by atoms with Crippen LogP contribution in [-0.4, -0.2) is 41.2 Å². The zero-order chi connectivity index (χ0) is 21.1. The number of nitrogens with zero attached hydrogens (tertiary/aromatic N) is 2. The molecule has 1 heterocycles. The van der Waals surface area contributed by atoms with Gasteiger partial charge in [0.25, 0.3) is 17.5 Å². The molecular weight excluding hydrogens is 446 g/mol. The molecule has 150 valence electrons. The van der Waals surface area contributed by atoms with E-state index in [0.717, 1.165) is 4.90 Å². The number of nitro groups is 1. The summed E-state index contributed by atoms with van der Waals surface area (Å²) in [4.78, 5) is 48.4. The zero-order valence-corrected chi connectivity index (χ0v) is 16.9. The van der Waals surface area contributed by atoms with Gasteiger partial charge in [-0.2, -0.15) is 0 Å². The maximum Gasteiger partial charge on any atom is 0.273 e. The Hall–Kier alpha value is -3.27. The molecule has 0 unspecified atom stereocenters. The van der Waals surface area contributed by atoms with E-state index in [4.69, 9.17) is 4.74 Å². The van der Waals surface area contributed by atoms with Crippen molar-refractivity contribution in [3.8, 4) is 5.75 Å². The van der Waals surface area contributed by atoms with Gasteiger partial charge in [0.05, 0.1) is 34.9 Å². The van der Waals surface area contributed by atoms with E-state index < -0.39 is 4.92 Å². The van der Waals surface area contributed by atoms with Crippen LogP contribution in [0, 0.1) is 10.1 Å². The maximum atomic E-state index is 12.4. The molecule has 9 nitrogen and oxygen atoms in total. The third kappa shape index (κ3) is 4.27. The predicted octanol–water partition coefficient (Wildman–Crippen LogP) is 3.38. The molecule has 2 aromatic carbocycles. The van der Waals surface area contributed by atoms with Gasteiger partial charge in [-0.25, -0.2) is 0 Å². The van der Waals surface area contributed by atoms with Gasteiger partial charge in [0.2, 0.25) is 5.91 Å². The van der Waals surface area contributed by atoms with E-state index in [-0.39, 0.29) is 48.5 Å². The molecule has 1 N–H and O–H groups in total. The molecule has 0 bridgehead atoms. The monoisotopic (exact) mass is 461 g/mol. The number of hydrogen-bond donors (Lipinski definition) is 1. The van der Waals surface area contributed by atoms with Crippen molar-refractivity contribution in [2.24, 2.45) is 0 Å². The lowest BCUT2D eigenvalue weighted by molar-refractivity contribution is -0.384. The molecule has 0 aliphatic carbocycles. The first kappa shape index (κ1) is 20.5. The van der Waals surface area contributed by atoms with Crippen molar-refractivity contribution in [3.05, 3.63) is 62.1 Å². The molecule has 3 rings (SSSR count). The lowest BCUT2D eigenvalue weighted by Crippen LogP contribution is -2.31. The molecule has 1 aliphatic rings. The number of nitro benzene ring substituents is 1. The topological polar surface area (TPSA) is 119 Å². The van der Waals surface area contributed by atoms with Gasteiger partial charge in [0.1, 0.15) is 5.75 Å². The van der Waals surface area contributed by atoms with Gasteiger partial charge in [-0.15, -0.1) is 0 Å². The fourth-order valence-corrected chi connectivity index (χ4v) is 3.33. The third-order valence-corrected chi connectivity index (χ3v) is 4.88. The normalized spacial score (nSPS) is 12.7. The molecule has 2 aromatic rings. The number of halogens is 1. The highest BCUT2D eigenvalue weighted by Gasteiger charge is 2.35. The van der Waals surface area contributed by atoms with E-state index in [1.165, 1.54) is 25.3 Å². The highest BCUT2D eigenvalue weighted by atomic mass is 79.9. The van der Waals surface area contributed by atoms with E-state index in [1.54, 1.807) is 18.2 Å². The Morgan fingerprint density at radius 2 is 1.90 bits per heavy atom. The Labute approximate surface area is 173 Å². The molecule has 3 amide bonds. The SMILES string of the molecule is COc1cc([N+](=O)[O-])ccc1NC(=O)CCCN1C(=O)c2ccc(Br)cc2C1=O. The number of hydrogen-bond acceptors (Lipinski definition) is 6. The van der Waals surface area contributed by atoms with Gasteiger partial charge in [-0.05, 0) is 30.7 Å². The number of methoxy groups -OCH3 is 1. The summed E-state index contributed by atoms with van der Waals surface area (Å²) in [5.74, 6) is -0.964. The van der Waals surface area contributed by atoms with Crippen molar-refractivity contribution in [3.63, 3.8) is 0 Å². The Morgan fingerprint density at radius 3 is 2.59 bits per heavy atom. The predicted molar refractivity (Wildman–Crippen MR) is 107 cm³/mol. The molecule has 0 aromatic heterocycles. The molecule has 0 saturated heterocycles. The third-order valence-electron chi connectivity index (χ3n) is 4.39. The van der Waals surface area contributed by atoms with Crippen LogP contribution in [0.1, 0.15) is 33.6 Å². The number of ether oxygens (including phenoxy) is 1. The summed E-state index contributed by atoms with van der Waals surface area (Å²) in [6.07, 6.45) is 0.324. The molecule has 0 fully saturated rings. The van der Waals surface area contributed by atoms with Gasteiger partial charge in [-0.1, -0.05) is 15.9 Å². The first-order chi connectivity index (χ1) is 13.8. The largest absolute Gasteiger partial charge is 0.494 e. The van der Waals surface area contributed by atoms with Crippen LogP contribution >= 0.6 is 15.9 Å². The number of rotatable bonds is 7. The van der Waals surface area contributed by atoms with Gasteiger partial charge < -0.3 is 10.1 Å². The van der Waals surface area contributed by atoms with Crippen LogP contribution in [0.3, 0.4) is 0 Å². The average molecular weight is 462 g/mol. The number of nitrogens with one attached hydrogen (secondary N) is 1. The Balaban J connectivity index is 1.58.